The fraction of sp³-hybridized carbons (Fsp3) is 0.625. The second kappa shape index (κ2) is 5.97. The average Bonchev–Trinajstić information content (AvgIpc) is 2.14. The Bertz CT molecular complexity index is 264. The van der Waals surface area contributed by atoms with E-state index >= 15 is 0 Å². The van der Waals surface area contributed by atoms with Crippen LogP contribution in [-0.4, -0.2) is 34.3 Å². The number of hydrogen-bond donors (Lipinski definition) is 3. The SMILES string of the molecule is CC(=O)N[C@H](C[C@@H](C)C(=O)OO)C(=O)O. The first-order valence-electron chi connectivity index (χ1n) is 4.23. The fourth-order valence-electron chi connectivity index (χ4n) is 1.01. The normalized spacial score (nSPS) is 13.8. The van der Waals surface area contributed by atoms with Crippen molar-refractivity contribution in [3.05, 3.63) is 0 Å². The van der Waals surface area contributed by atoms with Crippen LogP contribution in [0.1, 0.15) is 20.3 Å². The Labute approximate surface area is 86.0 Å². The number of nitrogens with one attached hydrogen (secondary N) is 1. The lowest BCUT2D eigenvalue weighted by Gasteiger charge is -2.15. The summed E-state index contributed by atoms with van der Waals surface area (Å²) in [7, 11) is 0. The van der Waals surface area contributed by atoms with Crippen LogP contribution in [0.5, 0.6) is 0 Å². The highest BCUT2D eigenvalue weighted by Crippen LogP contribution is 2.08. The highest BCUT2D eigenvalue weighted by atomic mass is 17.1. The summed E-state index contributed by atoms with van der Waals surface area (Å²) in [4.78, 5) is 35.5. The zero-order chi connectivity index (χ0) is 12.0. The fourth-order valence-corrected chi connectivity index (χ4v) is 1.01. The van der Waals surface area contributed by atoms with Gasteiger partial charge in [0.1, 0.15) is 6.04 Å². The van der Waals surface area contributed by atoms with Crippen molar-refractivity contribution >= 4 is 17.8 Å². The molecule has 0 aliphatic carbocycles. The van der Waals surface area contributed by atoms with Gasteiger partial charge in [-0.15, -0.1) is 0 Å². The van der Waals surface area contributed by atoms with Gasteiger partial charge in [0, 0.05) is 6.92 Å². The van der Waals surface area contributed by atoms with E-state index in [9.17, 15) is 14.4 Å². The first-order valence-corrected chi connectivity index (χ1v) is 4.23. The van der Waals surface area contributed by atoms with Crippen molar-refractivity contribution in [3.8, 4) is 0 Å². The summed E-state index contributed by atoms with van der Waals surface area (Å²) in [6, 6.07) is -1.17. The van der Waals surface area contributed by atoms with Crippen molar-refractivity contribution in [1.29, 1.82) is 0 Å². The first kappa shape index (κ1) is 13.4. The van der Waals surface area contributed by atoms with E-state index in [1.54, 1.807) is 0 Å². The van der Waals surface area contributed by atoms with E-state index in [1.165, 1.54) is 13.8 Å². The maximum absolute atomic E-state index is 10.8. The van der Waals surface area contributed by atoms with Gasteiger partial charge in [0.2, 0.25) is 5.91 Å². The predicted molar refractivity (Wildman–Crippen MR) is 47.7 cm³/mol. The van der Waals surface area contributed by atoms with E-state index in [0.29, 0.717) is 0 Å². The van der Waals surface area contributed by atoms with Crippen molar-refractivity contribution in [3.63, 3.8) is 0 Å². The molecule has 0 aromatic rings. The topological polar surface area (TPSA) is 113 Å². The van der Waals surface area contributed by atoms with Gasteiger partial charge in [-0.3, -0.25) is 4.79 Å². The molecular formula is C8H13NO6. The third-order valence-electron chi connectivity index (χ3n) is 1.76. The van der Waals surface area contributed by atoms with Crippen molar-refractivity contribution in [2.24, 2.45) is 5.92 Å². The van der Waals surface area contributed by atoms with Gasteiger partial charge in [0.25, 0.3) is 0 Å². The summed E-state index contributed by atoms with van der Waals surface area (Å²) >= 11 is 0. The van der Waals surface area contributed by atoms with Gasteiger partial charge >= 0.3 is 11.9 Å². The molecule has 1 amide bonds. The van der Waals surface area contributed by atoms with Crippen LogP contribution in [0, 0.1) is 5.92 Å². The zero-order valence-electron chi connectivity index (χ0n) is 8.39. The van der Waals surface area contributed by atoms with Crippen LogP contribution in [0.3, 0.4) is 0 Å². The van der Waals surface area contributed by atoms with Gasteiger partial charge in [-0.05, 0) is 6.42 Å². The Hall–Kier alpha value is -1.63. The summed E-state index contributed by atoms with van der Waals surface area (Å²) in [5.41, 5.74) is 0. The van der Waals surface area contributed by atoms with E-state index < -0.39 is 29.8 Å². The number of carboxylic acid groups (broad SMARTS) is 1. The summed E-state index contributed by atoms with van der Waals surface area (Å²) < 4.78 is 0. The Morgan fingerprint density at radius 1 is 1.40 bits per heavy atom. The number of carbonyl (C=O) groups is 3. The van der Waals surface area contributed by atoms with Crippen molar-refractivity contribution in [2.45, 2.75) is 26.3 Å². The Morgan fingerprint density at radius 3 is 2.27 bits per heavy atom. The smallest absolute Gasteiger partial charge is 0.344 e. The number of carboxylic acids is 1. The van der Waals surface area contributed by atoms with E-state index in [0.717, 1.165) is 0 Å². The minimum atomic E-state index is -1.25. The molecule has 0 saturated carbocycles. The van der Waals surface area contributed by atoms with Gasteiger partial charge in [0.15, 0.2) is 0 Å². The molecule has 0 bridgehead atoms. The van der Waals surface area contributed by atoms with Crippen LogP contribution in [0.25, 0.3) is 0 Å². The van der Waals surface area contributed by atoms with Crippen LogP contribution in [0.15, 0.2) is 0 Å². The van der Waals surface area contributed by atoms with Crippen molar-refractivity contribution in [2.75, 3.05) is 0 Å². The van der Waals surface area contributed by atoms with Gasteiger partial charge in [-0.1, -0.05) is 6.92 Å². The highest BCUT2D eigenvalue weighted by molar-refractivity contribution is 5.82. The molecule has 0 unspecified atom stereocenters. The largest absolute Gasteiger partial charge is 0.480 e. The number of carbonyl (C=O) groups excluding carboxylic acids is 2. The lowest BCUT2D eigenvalue weighted by atomic mass is 10.0. The summed E-state index contributed by atoms with van der Waals surface area (Å²) in [6.45, 7) is 2.56. The van der Waals surface area contributed by atoms with Crippen LogP contribution >= 0.6 is 0 Å². The third kappa shape index (κ3) is 4.96. The molecular weight excluding hydrogens is 206 g/mol. The van der Waals surface area contributed by atoms with Crippen LogP contribution in [0.4, 0.5) is 0 Å². The lowest BCUT2D eigenvalue weighted by molar-refractivity contribution is -0.238. The first-order chi connectivity index (χ1) is 6.88. The summed E-state index contributed by atoms with van der Waals surface area (Å²) in [6.07, 6.45) is -0.145. The van der Waals surface area contributed by atoms with Gasteiger partial charge in [-0.2, -0.15) is 5.26 Å². The summed E-state index contributed by atoms with van der Waals surface area (Å²) in [5.74, 6) is -3.51. The zero-order valence-corrected chi connectivity index (χ0v) is 8.39. The Morgan fingerprint density at radius 2 is 1.93 bits per heavy atom. The van der Waals surface area contributed by atoms with Crippen LogP contribution in [0.2, 0.25) is 0 Å². The minimum absolute atomic E-state index is 0.145. The molecule has 0 saturated heterocycles. The Kier molecular flexibility index (Phi) is 5.32. The standard InChI is InChI=1S/C8H13NO6/c1-4(8(13)15-14)3-6(7(11)12)9-5(2)10/h4,6,14H,3H2,1-2H3,(H,9,10)(H,11,12)/t4-,6-/m1/s1. The molecule has 0 fully saturated rings. The molecule has 2 atom stereocenters. The molecule has 0 heterocycles. The molecule has 7 nitrogen and oxygen atoms in total. The second-order valence-electron chi connectivity index (χ2n) is 3.14. The van der Waals surface area contributed by atoms with Gasteiger partial charge < -0.3 is 15.3 Å². The molecule has 0 aromatic heterocycles. The van der Waals surface area contributed by atoms with E-state index in [-0.39, 0.29) is 6.42 Å². The number of hydrogen-bond acceptors (Lipinski definition) is 5. The van der Waals surface area contributed by atoms with Crippen molar-refractivity contribution < 1.29 is 29.6 Å². The lowest BCUT2D eigenvalue weighted by Crippen LogP contribution is -2.41. The molecule has 0 spiro atoms. The molecule has 0 aromatic carbocycles. The third-order valence-corrected chi connectivity index (χ3v) is 1.76. The number of rotatable bonds is 5. The van der Waals surface area contributed by atoms with E-state index in [1.807, 2.05) is 0 Å². The van der Waals surface area contributed by atoms with Crippen molar-refractivity contribution in [1.82, 2.24) is 5.32 Å². The molecule has 3 N–H and O–H groups in total. The average molecular weight is 219 g/mol. The molecule has 7 heteroatoms. The van der Waals surface area contributed by atoms with Crippen LogP contribution < -0.4 is 5.32 Å². The highest BCUT2D eigenvalue weighted by Gasteiger charge is 2.25. The molecule has 0 radical (unpaired) electrons. The number of aliphatic carboxylic acids is 1. The van der Waals surface area contributed by atoms with Crippen LogP contribution in [-0.2, 0) is 19.3 Å². The predicted octanol–water partition coefficient (Wildman–Crippen LogP) is -0.382. The molecule has 0 rings (SSSR count). The molecule has 0 aliphatic rings. The number of amides is 1. The maximum atomic E-state index is 10.8. The van der Waals surface area contributed by atoms with Gasteiger partial charge in [-0.25, -0.2) is 9.59 Å². The van der Waals surface area contributed by atoms with Gasteiger partial charge in [0.05, 0.1) is 5.92 Å². The van der Waals surface area contributed by atoms with E-state index in [2.05, 4.69) is 10.2 Å². The second-order valence-corrected chi connectivity index (χ2v) is 3.14. The Balaban J connectivity index is 4.34. The quantitative estimate of drug-likeness (QED) is 0.429. The minimum Gasteiger partial charge on any atom is -0.480 e. The monoisotopic (exact) mass is 219 g/mol. The maximum Gasteiger partial charge on any atom is 0.344 e. The summed E-state index contributed by atoms with van der Waals surface area (Å²) in [5, 5.41) is 18.9. The molecule has 15 heavy (non-hydrogen) atoms. The molecule has 0 aliphatic heterocycles. The van der Waals surface area contributed by atoms with E-state index in [4.69, 9.17) is 10.4 Å². The molecule has 86 valence electrons.